The van der Waals surface area contributed by atoms with Gasteiger partial charge in [-0.3, -0.25) is 9.11 Å². The molecule has 1 aromatic heterocycles. The summed E-state index contributed by atoms with van der Waals surface area (Å²) in [7, 11) is -0.663. The van der Waals surface area contributed by atoms with Crippen LogP contribution in [0.1, 0.15) is 5.69 Å². The van der Waals surface area contributed by atoms with Crippen molar-refractivity contribution in [3.8, 4) is 0 Å². The Bertz CT molecular complexity index is 538. The molecule has 0 amide bonds. The summed E-state index contributed by atoms with van der Waals surface area (Å²) in [5.74, 6) is 1.47. The second-order valence-electron chi connectivity index (χ2n) is 5.80. The number of hydrogen-bond donors (Lipinski definition) is 1. The van der Waals surface area contributed by atoms with Gasteiger partial charge in [-0.1, -0.05) is 5.21 Å². The van der Waals surface area contributed by atoms with Gasteiger partial charge in [0.05, 0.1) is 46.2 Å². The van der Waals surface area contributed by atoms with Crippen LogP contribution in [-0.4, -0.2) is 94.9 Å². The SMILES string of the molecule is NCCOCCOCCOCCn1nnc(CN2CCS(=O)CC2)c1Br. The first-order valence-electron chi connectivity index (χ1n) is 8.79. The van der Waals surface area contributed by atoms with E-state index in [9.17, 15) is 4.21 Å². The van der Waals surface area contributed by atoms with Gasteiger partial charge in [0.2, 0.25) is 0 Å². The van der Waals surface area contributed by atoms with Crippen molar-refractivity contribution in [3.63, 3.8) is 0 Å². The summed E-state index contributed by atoms with van der Waals surface area (Å²) in [5.41, 5.74) is 6.22. The van der Waals surface area contributed by atoms with E-state index in [1.165, 1.54) is 0 Å². The minimum Gasteiger partial charge on any atom is -0.378 e. The van der Waals surface area contributed by atoms with Crippen molar-refractivity contribution in [1.82, 2.24) is 19.9 Å². The van der Waals surface area contributed by atoms with Crippen LogP contribution >= 0.6 is 15.9 Å². The molecule has 1 aliphatic rings. The topological polar surface area (TPSA) is 105 Å². The Morgan fingerprint density at radius 3 is 2.31 bits per heavy atom. The van der Waals surface area contributed by atoms with E-state index in [1.807, 2.05) is 0 Å². The molecule has 9 nitrogen and oxygen atoms in total. The van der Waals surface area contributed by atoms with Gasteiger partial charge in [-0.05, 0) is 15.9 Å². The van der Waals surface area contributed by atoms with E-state index < -0.39 is 10.8 Å². The summed E-state index contributed by atoms with van der Waals surface area (Å²) in [6.07, 6.45) is 0. The van der Waals surface area contributed by atoms with Crippen molar-refractivity contribution < 1.29 is 18.4 Å². The molecule has 11 heteroatoms. The van der Waals surface area contributed by atoms with Gasteiger partial charge in [0, 0.05) is 48.5 Å². The predicted octanol–water partition coefficient (Wildman–Crippen LogP) is -0.387. The van der Waals surface area contributed by atoms with Crippen LogP contribution in [0.3, 0.4) is 0 Å². The first-order valence-corrected chi connectivity index (χ1v) is 11.1. The number of hydrogen-bond acceptors (Lipinski definition) is 8. The molecular weight excluding hydrogens is 426 g/mol. The predicted molar refractivity (Wildman–Crippen MR) is 102 cm³/mol. The van der Waals surface area contributed by atoms with E-state index in [0.717, 1.165) is 41.4 Å². The fourth-order valence-corrected chi connectivity index (χ4v) is 3.98. The molecule has 0 saturated carbocycles. The molecule has 0 bridgehead atoms. The number of nitrogens with zero attached hydrogens (tertiary/aromatic N) is 4. The standard InChI is InChI=1S/C15H28BrN5O4S/c16-15-14(13-20-3-11-26(22)12-4-20)18-19-21(15)2-6-24-8-10-25-9-7-23-5-1-17/h1-13,17H2. The molecule has 2 heterocycles. The van der Waals surface area contributed by atoms with Crippen LogP contribution < -0.4 is 5.73 Å². The van der Waals surface area contributed by atoms with Gasteiger partial charge in [-0.15, -0.1) is 5.10 Å². The van der Waals surface area contributed by atoms with Gasteiger partial charge >= 0.3 is 0 Å². The molecule has 2 N–H and O–H groups in total. The lowest BCUT2D eigenvalue weighted by Gasteiger charge is -2.25. The molecule has 2 rings (SSSR count). The molecule has 26 heavy (non-hydrogen) atoms. The van der Waals surface area contributed by atoms with Gasteiger partial charge in [-0.2, -0.15) is 0 Å². The van der Waals surface area contributed by atoms with E-state index in [4.69, 9.17) is 19.9 Å². The summed E-state index contributed by atoms with van der Waals surface area (Å²) in [6, 6.07) is 0. The van der Waals surface area contributed by atoms with Crippen LogP contribution in [0.2, 0.25) is 0 Å². The normalized spacial score (nSPS) is 16.4. The summed E-state index contributed by atoms with van der Waals surface area (Å²) in [4.78, 5) is 2.26. The third-order valence-electron chi connectivity index (χ3n) is 3.84. The Balaban J connectivity index is 1.56. The maximum Gasteiger partial charge on any atom is 0.129 e. The quantitative estimate of drug-likeness (QED) is 0.402. The third kappa shape index (κ3) is 8.07. The van der Waals surface area contributed by atoms with Crippen LogP contribution in [0.15, 0.2) is 4.60 Å². The van der Waals surface area contributed by atoms with Gasteiger partial charge in [0.1, 0.15) is 10.3 Å². The molecule has 0 aliphatic carbocycles. The van der Waals surface area contributed by atoms with E-state index in [1.54, 1.807) is 4.68 Å². The van der Waals surface area contributed by atoms with Crippen LogP contribution in [0.4, 0.5) is 0 Å². The zero-order valence-corrected chi connectivity index (χ0v) is 17.4. The lowest BCUT2D eigenvalue weighted by molar-refractivity contribution is 0.0140. The average Bonchev–Trinajstić information content (AvgIpc) is 2.98. The minimum atomic E-state index is -0.663. The molecular formula is C15H28BrN5O4S. The molecule has 1 aromatic rings. The van der Waals surface area contributed by atoms with Crippen molar-refractivity contribution >= 4 is 26.7 Å². The summed E-state index contributed by atoms with van der Waals surface area (Å²) in [6.45, 7) is 6.82. The number of rotatable bonds is 13. The van der Waals surface area contributed by atoms with Crippen LogP contribution in [-0.2, 0) is 38.1 Å². The highest BCUT2D eigenvalue weighted by Crippen LogP contribution is 2.16. The highest BCUT2D eigenvalue weighted by Gasteiger charge is 2.18. The van der Waals surface area contributed by atoms with E-state index in [2.05, 4.69) is 31.1 Å². The number of nitrogens with two attached hydrogens (primary N) is 1. The zero-order chi connectivity index (χ0) is 18.6. The van der Waals surface area contributed by atoms with Crippen LogP contribution in [0.25, 0.3) is 0 Å². The van der Waals surface area contributed by atoms with Gasteiger partial charge < -0.3 is 19.9 Å². The fourth-order valence-electron chi connectivity index (χ4n) is 2.40. The maximum absolute atomic E-state index is 11.4. The smallest absolute Gasteiger partial charge is 0.129 e. The minimum absolute atomic E-state index is 0.529. The van der Waals surface area contributed by atoms with E-state index in [-0.39, 0.29) is 0 Å². The Hall–Kier alpha value is -0.430. The third-order valence-corrected chi connectivity index (χ3v) is 5.98. The summed E-state index contributed by atoms with van der Waals surface area (Å²) >= 11 is 3.56. The number of halogens is 1. The lowest BCUT2D eigenvalue weighted by Crippen LogP contribution is -2.37. The molecule has 0 radical (unpaired) electrons. The van der Waals surface area contributed by atoms with Crippen molar-refractivity contribution in [2.75, 3.05) is 70.8 Å². The van der Waals surface area contributed by atoms with Gasteiger partial charge in [0.25, 0.3) is 0 Å². The highest BCUT2D eigenvalue weighted by atomic mass is 79.9. The van der Waals surface area contributed by atoms with E-state index in [0.29, 0.717) is 52.7 Å². The molecule has 1 fully saturated rings. The molecule has 0 aromatic carbocycles. The van der Waals surface area contributed by atoms with Crippen LogP contribution in [0.5, 0.6) is 0 Å². The molecule has 1 saturated heterocycles. The number of aromatic nitrogens is 3. The molecule has 0 spiro atoms. The van der Waals surface area contributed by atoms with Crippen molar-refractivity contribution in [2.45, 2.75) is 13.1 Å². The molecule has 150 valence electrons. The van der Waals surface area contributed by atoms with Crippen LogP contribution in [0, 0.1) is 0 Å². The highest BCUT2D eigenvalue weighted by molar-refractivity contribution is 9.10. The Kier molecular flexibility index (Phi) is 10.8. The Morgan fingerprint density at radius 1 is 1.04 bits per heavy atom. The molecule has 0 unspecified atom stereocenters. The fraction of sp³-hybridized carbons (Fsp3) is 0.867. The summed E-state index contributed by atoms with van der Waals surface area (Å²) < 4.78 is 30.2. The van der Waals surface area contributed by atoms with Crippen molar-refractivity contribution in [3.05, 3.63) is 10.3 Å². The molecule has 1 aliphatic heterocycles. The Morgan fingerprint density at radius 2 is 1.65 bits per heavy atom. The first kappa shape index (κ1) is 21.9. The monoisotopic (exact) mass is 453 g/mol. The second-order valence-corrected chi connectivity index (χ2v) is 8.25. The number of ether oxygens (including phenoxy) is 3. The van der Waals surface area contributed by atoms with Gasteiger partial charge in [0.15, 0.2) is 0 Å². The van der Waals surface area contributed by atoms with Crippen molar-refractivity contribution in [2.24, 2.45) is 5.73 Å². The average molecular weight is 454 g/mol. The lowest BCUT2D eigenvalue weighted by atomic mass is 10.4. The zero-order valence-electron chi connectivity index (χ0n) is 15.0. The summed E-state index contributed by atoms with van der Waals surface area (Å²) in [5, 5.41) is 8.41. The van der Waals surface area contributed by atoms with Gasteiger partial charge in [-0.25, -0.2) is 4.68 Å². The van der Waals surface area contributed by atoms with E-state index >= 15 is 0 Å². The maximum atomic E-state index is 11.4. The Labute approximate surface area is 165 Å². The first-order chi connectivity index (χ1) is 12.7. The molecule has 0 atom stereocenters. The largest absolute Gasteiger partial charge is 0.378 e. The second kappa shape index (κ2) is 12.9. The van der Waals surface area contributed by atoms with Crippen molar-refractivity contribution in [1.29, 1.82) is 0 Å².